The van der Waals surface area contributed by atoms with Crippen molar-refractivity contribution in [3.05, 3.63) is 26.6 Å². The molecule has 2 aromatic rings. The van der Waals surface area contributed by atoms with Gasteiger partial charge in [0.1, 0.15) is 10.7 Å². The minimum Gasteiger partial charge on any atom is -0.356 e. The highest BCUT2D eigenvalue weighted by molar-refractivity contribution is 7.18. The number of carbonyl (C=O) groups excluding carboxylic acids is 1. The Hall–Kier alpha value is -1.73. The fourth-order valence-electron chi connectivity index (χ4n) is 5.05. The molecule has 1 amide bonds. The van der Waals surface area contributed by atoms with E-state index < -0.39 is 0 Å². The van der Waals surface area contributed by atoms with Crippen LogP contribution in [-0.4, -0.2) is 46.0 Å². The van der Waals surface area contributed by atoms with Gasteiger partial charge in [0.25, 0.3) is 5.56 Å². The summed E-state index contributed by atoms with van der Waals surface area (Å²) in [4.78, 5) is 34.6. The fraction of sp³-hybridized carbons (Fsp3) is 0.682. The summed E-state index contributed by atoms with van der Waals surface area (Å²) in [5.74, 6) is 1.27. The zero-order valence-electron chi connectivity index (χ0n) is 17.8. The van der Waals surface area contributed by atoms with E-state index in [1.165, 1.54) is 45.2 Å². The number of aryl methyl sites for hydroxylation is 3. The van der Waals surface area contributed by atoms with Gasteiger partial charge >= 0.3 is 0 Å². The number of hydrogen-bond acceptors (Lipinski definition) is 5. The van der Waals surface area contributed by atoms with Crippen LogP contribution >= 0.6 is 11.3 Å². The number of rotatable bonds is 5. The van der Waals surface area contributed by atoms with Crippen molar-refractivity contribution in [1.29, 1.82) is 0 Å². The molecule has 6 nitrogen and oxygen atoms in total. The topological polar surface area (TPSA) is 67.2 Å². The highest BCUT2D eigenvalue weighted by Gasteiger charge is 2.32. The molecule has 158 valence electrons. The van der Waals surface area contributed by atoms with Crippen LogP contribution in [0.1, 0.15) is 54.8 Å². The molecule has 29 heavy (non-hydrogen) atoms. The van der Waals surface area contributed by atoms with Crippen LogP contribution < -0.4 is 10.9 Å². The fourth-order valence-corrected chi connectivity index (χ4v) is 6.12. The van der Waals surface area contributed by atoms with Gasteiger partial charge in [-0.25, -0.2) is 4.98 Å². The Bertz CT molecular complexity index is 962. The van der Waals surface area contributed by atoms with Gasteiger partial charge in [-0.2, -0.15) is 0 Å². The Morgan fingerprint density at radius 1 is 1.17 bits per heavy atom. The number of piperidine rings is 2. The Balaban J connectivity index is 1.37. The summed E-state index contributed by atoms with van der Waals surface area (Å²) in [7, 11) is 0. The van der Waals surface area contributed by atoms with E-state index in [4.69, 9.17) is 0 Å². The molecule has 2 saturated heterocycles. The molecule has 2 fully saturated rings. The Kier molecular flexibility index (Phi) is 6.06. The Morgan fingerprint density at radius 3 is 2.79 bits per heavy atom. The maximum Gasteiger partial charge on any atom is 0.262 e. The molecule has 0 aliphatic carbocycles. The van der Waals surface area contributed by atoms with Crippen LogP contribution in [0.25, 0.3) is 10.2 Å². The zero-order valence-corrected chi connectivity index (χ0v) is 18.6. The van der Waals surface area contributed by atoms with Crippen LogP contribution in [0.5, 0.6) is 0 Å². The van der Waals surface area contributed by atoms with Crippen LogP contribution in [0.4, 0.5) is 0 Å². The summed E-state index contributed by atoms with van der Waals surface area (Å²) in [6, 6.07) is 0.638. The normalized spacial score (nSPS) is 22.6. The predicted molar refractivity (Wildman–Crippen MR) is 118 cm³/mol. The van der Waals surface area contributed by atoms with Gasteiger partial charge in [0.15, 0.2) is 0 Å². The molecule has 7 heteroatoms. The van der Waals surface area contributed by atoms with E-state index in [0.29, 0.717) is 36.1 Å². The lowest BCUT2D eigenvalue weighted by Crippen LogP contribution is -2.51. The third kappa shape index (κ3) is 4.12. The molecule has 1 N–H and O–H groups in total. The quantitative estimate of drug-likeness (QED) is 0.813. The molecule has 0 radical (unpaired) electrons. The molecule has 0 aromatic carbocycles. The molecule has 0 unspecified atom stereocenters. The second kappa shape index (κ2) is 8.56. The van der Waals surface area contributed by atoms with Crippen molar-refractivity contribution < 1.29 is 4.79 Å². The molecule has 2 atom stereocenters. The van der Waals surface area contributed by atoms with Crippen molar-refractivity contribution in [2.75, 3.05) is 19.6 Å². The average Bonchev–Trinajstić information content (AvgIpc) is 2.99. The van der Waals surface area contributed by atoms with Gasteiger partial charge in [0.05, 0.1) is 5.39 Å². The Labute approximate surface area is 176 Å². The number of fused-ring (bicyclic) bond motifs is 2. The smallest absolute Gasteiger partial charge is 0.262 e. The van der Waals surface area contributed by atoms with Gasteiger partial charge in [0, 0.05) is 30.4 Å². The lowest BCUT2D eigenvalue weighted by molar-refractivity contribution is -0.121. The van der Waals surface area contributed by atoms with Crippen molar-refractivity contribution in [3.63, 3.8) is 0 Å². The number of nitrogens with zero attached hydrogens (tertiary/aromatic N) is 3. The van der Waals surface area contributed by atoms with Crippen LogP contribution in [0.2, 0.25) is 0 Å². The molecule has 2 aliphatic rings. The predicted octanol–water partition coefficient (Wildman–Crippen LogP) is 3.15. The second-order valence-electron chi connectivity index (χ2n) is 8.63. The average molecular weight is 417 g/mol. The van der Waals surface area contributed by atoms with Gasteiger partial charge in [0.2, 0.25) is 5.91 Å². The number of amides is 1. The third-order valence-corrected chi connectivity index (χ3v) is 7.93. The van der Waals surface area contributed by atoms with Crippen molar-refractivity contribution in [1.82, 2.24) is 19.8 Å². The van der Waals surface area contributed by atoms with Crippen LogP contribution in [0.3, 0.4) is 0 Å². The van der Waals surface area contributed by atoms with Crippen LogP contribution in [0.15, 0.2) is 4.79 Å². The maximum absolute atomic E-state index is 13.0. The monoisotopic (exact) mass is 416 g/mol. The first-order valence-electron chi connectivity index (χ1n) is 10.9. The molecular weight excluding hydrogens is 384 g/mol. The molecule has 2 aromatic heterocycles. The van der Waals surface area contributed by atoms with E-state index in [1.807, 2.05) is 20.8 Å². The molecule has 2 aliphatic heterocycles. The second-order valence-corrected chi connectivity index (χ2v) is 9.84. The third-order valence-electron chi connectivity index (χ3n) is 6.83. The van der Waals surface area contributed by atoms with Gasteiger partial charge in [-0.1, -0.05) is 6.42 Å². The van der Waals surface area contributed by atoms with Crippen molar-refractivity contribution in [2.24, 2.45) is 5.92 Å². The molecule has 4 heterocycles. The van der Waals surface area contributed by atoms with Crippen LogP contribution in [-0.2, 0) is 11.3 Å². The summed E-state index contributed by atoms with van der Waals surface area (Å²) in [5.41, 5.74) is 0.988. The summed E-state index contributed by atoms with van der Waals surface area (Å²) in [6.07, 6.45) is 6.64. The van der Waals surface area contributed by atoms with E-state index >= 15 is 0 Å². The van der Waals surface area contributed by atoms with E-state index in [2.05, 4.69) is 15.2 Å². The van der Waals surface area contributed by atoms with E-state index in [9.17, 15) is 9.59 Å². The molecular formula is C22H32N4O2S. The standard InChI is InChI=1S/C22H32N4O2S/c1-14-15(2)29-21-20(14)22(28)26(16(3)24-21)12-9-19(27)23-13-17-7-6-11-25-10-5-4-8-18(17)25/h17-18H,4-13H2,1-3H3,(H,23,27)/t17-,18+/m1/s1. The first kappa shape index (κ1) is 20.5. The van der Waals surface area contributed by atoms with E-state index in [-0.39, 0.29) is 11.5 Å². The van der Waals surface area contributed by atoms with Gasteiger partial charge in [-0.05, 0) is 71.0 Å². The minimum atomic E-state index is -0.0210. The van der Waals surface area contributed by atoms with E-state index in [0.717, 1.165) is 21.8 Å². The summed E-state index contributed by atoms with van der Waals surface area (Å²) >= 11 is 1.57. The number of nitrogens with one attached hydrogen (secondary N) is 1. The first-order valence-corrected chi connectivity index (χ1v) is 11.7. The molecule has 4 rings (SSSR count). The number of hydrogen-bond donors (Lipinski definition) is 1. The molecule has 0 spiro atoms. The number of thiophene rings is 1. The summed E-state index contributed by atoms with van der Waals surface area (Å²) < 4.78 is 1.66. The highest BCUT2D eigenvalue weighted by Crippen LogP contribution is 2.30. The minimum absolute atomic E-state index is 0.0210. The lowest BCUT2D eigenvalue weighted by atomic mass is 9.83. The molecule has 0 saturated carbocycles. The number of carbonyl (C=O) groups is 1. The first-order chi connectivity index (χ1) is 14.0. The zero-order chi connectivity index (χ0) is 20.5. The summed E-state index contributed by atoms with van der Waals surface area (Å²) in [5, 5.41) is 3.85. The molecule has 0 bridgehead atoms. The van der Waals surface area contributed by atoms with Crippen molar-refractivity contribution in [2.45, 2.75) is 71.9 Å². The van der Waals surface area contributed by atoms with Gasteiger partial charge in [-0.3, -0.25) is 14.2 Å². The van der Waals surface area contributed by atoms with E-state index in [1.54, 1.807) is 15.9 Å². The summed E-state index contributed by atoms with van der Waals surface area (Å²) in [6.45, 7) is 9.42. The van der Waals surface area contributed by atoms with Gasteiger partial charge < -0.3 is 10.2 Å². The van der Waals surface area contributed by atoms with Gasteiger partial charge in [-0.15, -0.1) is 11.3 Å². The van der Waals surface area contributed by atoms with Crippen molar-refractivity contribution >= 4 is 27.5 Å². The maximum atomic E-state index is 13.0. The largest absolute Gasteiger partial charge is 0.356 e. The lowest BCUT2D eigenvalue weighted by Gasteiger charge is -2.44. The number of aromatic nitrogens is 2. The highest BCUT2D eigenvalue weighted by atomic mass is 32.1. The van der Waals surface area contributed by atoms with Crippen LogP contribution in [0, 0.1) is 26.7 Å². The SMILES string of the molecule is Cc1sc2nc(C)n(CCC(=O)NC[C@H]3CCCN4CCCC[C@@H]34)c(=O)c2c1C. The Morgan fingerprint density at radius 2 is 1.97 bits per heavy atom. The van der Waals surface area contributed by atoms with Crippen molar-refractivity contribution in [3.8, 4) is 0 Å².